The molecule has 2 amide bonds. The Morgan fingerprint density at radius 1 is 1.27 bits per heavy atom. The van der Waals surface area contributed by atoms with Crippen LogP contribution in [0.4, 0.5) is 5.69 Å². The van der Waals surface area contributed by atoms with E-state index in [0.29, 0.717) is 31.5 Å². The molecule has 6 nitrogen and oxygen atoms in total. The van der Waals surface area contributed by atoms with E-state index in [4.69, 9.17) is 5.11 Å². The minimum Gasteiger partial charge on any atom is -0.481 e. The summed E-state index contributed by atoms with van der Waals surface area (Å²) in [6.45, 7) is 6.65. The first-order valence-corrected chi connectivity index (χ1v) is 9.07. The van der Waals surface area contributed by atoms with Crippen LogP contribution >= 0.6 is 0 Å². The standard InChI is InChI=1S/C20H28N2O4/c1-20(2,3)13-17(23)22-11-5-8-16(22)19(26)21-15-7-4-6-14(12-15)9-10-18(24)25/h4,6-7,12,16H,5,8-11,13H2,1-3H3,(H,21,26)(H,24,25). The van der Waals surface area contributed by atoms with E-state index in [1.165, 1.54) is 0 Å². The molecule has 142 valence electrons. The highest BCUT2D eigenvalue weighted by molar-refractivity contribution is 5.97. The smallest absolute Gasteiger partial charge is 0.303 e. The molecule has 6 heteroatoms. The SMILES string of the molecule is CC(C)(C)CC(=O)N1CCCC1C(=O)Nc1cccc(CCC(=O)O)c1. The van der Waals surface area contributed by atoms with Crippen molar-refractivity contribution in [3.63, 3.8) is 0 Å². The number of aryl methyl sites for hydroxylation is 1. The minimum atomic E-state index is -0.849. The normalized spacial score (nSPS) is 17.2. The first-order chi connectivity index (χ1) is 12.2. The summed E-state index contributed by atoms with van der Waals surface area (Å²) in [6, 6.07) is 6.76. The van der Waals surface area contributed by atoms with Crippen LogP contribution in [0.5, 0.6) is 0 Å². The molecule has 1 heterocycles. The number of carbonyl (C=O) groups is 3. The van der Waals surface area contributed by atoms with Gasteiger partial charge < -0.3 is 15.3 Å². The van der Waals surface area contributed by atoms with Crippen LogP contribution in [0.2, 0.25) is 0 Å². The van der Waals surface area contributed by atoms with Crippen LogP contribution in [0, 0.1) is 5.41 Å². The molecule has 0 aliphatic carbocycles. The van der Waals surface area contributed by atoms with E-state index in [2.05, 4.69) is 5.32 Å². The molecule has 26 heavy (non-hydrogen) atoms. The van der Waals surface area contributed by atoms with Gasteiger partial charge in [0.1, 0.15) is 6.04 Å². The van der Waals surface area contributed by atoms with Gasteiger partial charge in [0.15, 0.2) is 0 Å². The van der Waals surface area contributed by atoms with Crippen LogP contribution in [0.15, 0.2) is 24.3 Å². The maximum atomic E-state index is 12.7. The summed E-state index contributed by atoms with van der Waals surface area (Å²) in [7, 11) is 0. The van der Waals surface area contributed by atoms with E-state index in [0.717, 1.165) is 12.0 Å². The Morgan fingerprint density at radius 2 is 2.00 bits per heavy atom. The fraction of sp³-hybridized carbons (Fsp3) is 0.550. The summed E-state index contributed by atoms with van der Waals surface area (Å²) in [4.78, 5) is 37.6. The van der Waals surface area contributed by atoms with Crippen molar-refractivity contribution in [1.29, 1.82) is 0 Å². The number of hydrogen-bond acceptors (Lipinski definition) is 3. The van der Waals surface area contributed by atoms with E-state index in [1.54, 1.807) is 23.1 Å². The number of hydrogen-bond donors (Lipinski definition) is 2. The quantitative estimate of drug-likeness (QED) is 0.816. The van der Waals surface area contributed by atoms with Gasteiger partial charge >= 0.3 is 5.97 Å². The molecular formula is C20H28N2O4. The highest BCUT2D eigenvalue weighted by atomic mass is 16.4. The molecule has 1 aliphatic heterocycles. The Labute approximate surface area is 154 Å². The minimum absolute atomic E-state index is 0.0189. The zero-order valence-electron chi connectivity index (χ0n) is 15.7. The molecule has 0 aromatic heterocycles. The molecule has 0 bridgehead atoms. The topological polar surface area (TPSA) is 86.7 Å². The number of anilines is 1. The predicted molar refractivity (Wildman–Crippen MR) is 99.8 cm³/mol. The fourth-order valence-electron chi connectivity index (χ4n) is 3.17. The summed E-state index contributed by atoms with van der Waals surface area (Å²) in [5.74, 6) is -1.01. The third-order valence-electron chi connectivity index (χ3n) is 4.38. The van der Waals surface area contributed by atoms with Gasteiger partial charge in [-0.1, -0.05) is 32.9 Å². The highest BCUT2D eigenvalue weighted by Crippen LogP contribution is 2.25. The number of benzene rings is 1. The average Bonchev–Trinajstić information content (AvgIpc) is 3.01. The molecule has 1 fully saturated rings. The molecule has 0 radical (unpaired) electrons. The zero-order valence-corrected chi connectivity index (χ0v) is 15.7. The van der Waals surface area contributed by atoms with Crippen LogP contribution in [-0.2, 0) is 20.8 Å². The second kappa shape index (κ2) is 8.34. The lowest BCUT2D eigenvalue weighted by Gasteiger charge is -2.27. The molecule has 1 atom stereocenters. The van der Waals surface area contributed by atoms with Crippen LogP contribution < -0.4 is 5.32 Å². The fourth-order valence-corrected chi connectivity index (χ4v) is 3.17. The predicted octanol–water partition coefficient (Wildman–Crippen LogP) is 3.07. The Bertz CT molecular complexity index is 679. The van der Waals surface area contributed by atoms with Gasteiger partial charge in [0.25, 0.3) is 0 Å². The van der Waals surface area contributed by atoms with Crippen molar-refractivity contribution in [2.75, 3.05) is 11.9 Å². The van der Waals surface area contributed by atoms with Crippen molar-refractivity contribution in [2.24, 2.45) is 5.41 Å². The maximum Gasteiger partial charge on any atom is 0.303 e. The van der Waals surface area contributed by atoms with E-state index in [-0.39, 0.29) is 23.7 Å². The Morgan fingerprint density at radius 3 is 2.65 bits per heavy atom. The van der Waals surface area contributed by atoms with Crippen LogP contribution in [0.3, 0.4) is 0 Å². The van der Waals surface area contributed by atoms with Gasteiger partial charge in [-0.05, 0) is 42.4 Å². The van der Waals surface area contributed by atoms with Crippen LogP contribution in [0.25, 0.3) is 0 Å². The maximum absolute atomic E-state index is 12.7. The van der Waals surface area contributed by atoms with Crippen molar-refractivity contribution < 1.29 is 19.5 Å². The van der Waals surface area contributed by atoms with Gasteiger partial charge in [0.2, 0.25) is 11.8 Å². The Kier molecular flexibility index (Phi) is 6.40. The lowest BCUT2D eigenvalue weighted by Crippen LogP contribution is -2.44. The molecule has 1 aliphatic rings. The third kappa shape index (κ3) is 5.86. The number of carboxylic acids is 1. The van der Waals surface area contributed by atoms with E-state index in [9.17, 15) is 14.4 Å². The van der Waals surface area contributed by atoms with E-state index < -0.39 is 12.0 Å². The van der Waals surface area contributed by atoms with Crippen molar-refractivity contribution in [1.82, 2.24) is 4.90 Å². The van der Waals surface area contributed by atoms with Crippen molar-refractivity contribution >= 4 is 23.5 Å². The number of carbonyl (C=O) groups excluding carboxylic acids is 2. The van der Waals surface area contributed by atoms with Gasteiger partial charge in [-0.15, -0.1) is 0 Å². The Balaban J connectivity index is 2.01. The number of rotatable bonds is 6. The molecule has 0 saturated carbocycles. The first-order valence-electron chi connectivity index (χ1n) is 9.07. The van der Waals surface area contributed by atoms with Gasteiger partial charge in [-0.25, -0.2) is 0 Å². The number of nitrogens with one attached hydrogen (secondary N) is 1. The number of likely N-dealkylation sites (tertiary alicyclic amines) is 1. The number of amides is 2. The highest BCUT2D eigenvalue weighted by Gasteiger charge is 2.35. The zero-order chi connectivity index (χ0) is 19.3. The summed E-state index contributed by atoms with van der Waals surface area (Å²) < 4.78 is 0. The molecule has 1 unspecified atom stereocenters. The van der Waals surface area contributed by atoms with Crippen LogP contribution in [0.1, 0.15) is 52.0 Å². The summed E-state index contributed by atoms with van der Waals surface area (Å²) in [6.07, 6.45) is 2.38. The second-order valence-electron chi connectivity index (χ2n) is 8.07. The molecule has 2 N–H and O–H groups in total. The largest absolute Gasteiger partial charge is 0.481 e. The molecule has 2 rings (SSSR count). The molecule has 1 aromatic rings. The molecular weight excluding hydrogens is 332 g/mol. The monoisotopic (exact) mass is 360 g/mol. The lowest BCUT2D eigenvalue weighted by atomic mass is 9.91. The van der Waals surface area contributed by atoms with Gasteiger partial charge in [-0.3, -0.25) is 14.4 Å². The molecule has 0 spiro atoms. The van der Waals surface area contributed by atoms with Gasteiger partial charge in [0, 0.05) is 25.1 Å². The third-order valence-corrected chi connectivity index (χ3v) is 4.38. The van der Waals surface area contributed by atoms with Crippen molar-refractivity contribution in [2.45, 2.75) is 58.9 Å². The van der Waals surface area contributed by atoms with E-state index in [1.807, 2.05) is 26.8 Å². The number of aliphatic carboxylic acids is 1. The van der Waals surface area contributed by atoms with Gasteiger partial charge in [-0.2, -0.15) is 0 Å². The first kappa shape index (κ1) is 19.9. The average molecular weight is 360 g/mol. The number of nitrogens with zero attached hydrogens (tertiary/aromatic N) is 1. The number of carboxylic acid groups (broad SMARTS) is 1. The summed E-state index contributed by atoms with van der Waals surface area (Å²) in [5, 5.41) is 11.7. The van der Waals surface area contributed by atoms with Crippen molar-refractivity contribution in [3.8, 4) is 0 Å². The summed E-state index contributed by atoms with van der Waals surface area (Å²) in [5.41, 5.74) is 1.38. The van der Waals surface area contributed by atoms with Crippen LogP contribution in [-0.4, -0.2) is 40.4 Å². The summed E-state index contributed by atoms with van der Waals surface area (Å²) >= 11 is 0. The molecule has 1 aromatic carbocycles. The lowest BCUT2D eigenvalue weighted by molar-refractivity contribution is -0.138. The van der Waals surface area contributed by atoms with Gasteiger partial charge in [0.05, 0.1) is 0 Å². The van der Waals surface area contributed by atoms with E-state index >= 15 is 0 Å². The molecule has 1 saturated heterocycles. The van der Waals surface area contributed by atoms with Crippen molar-refractivity contribution in [3.05, 3.63) is 29.8 Å². The second-order valence-corrected chi connectivity index (χ2v) is 8.07. The Hall–Kier alpha value is -2.37.